The first-order valence-corrected chi connectivity index (χ1v) is 12.9. The van der Waals surface area contributed by atoms with Crippen molar-refractivity contribution in [1.82, 2.24) is 24.9 Å². The van der Waals surface area contributed by atoms with E-state index in [4.69, 9.17) is 4.52 Å². The maximum Gasteiger partial charge on any atom is 0.314 e. The van der Waals surface area contributed by atoms with Crippen LogP contribution in [0.5, 0.6) is 5.75 Å². The molecule has 41 heavy (non-hydrogen) atoms. The molecule has 0 spiro atoms. The molecule has 2 N–H and O–H groups in total. The third-order valence-electron chi connectivity index (χ3n) is 7.46. The van der Waals surface area contributed by atoms with Crippen molar-refractivity contribution in [2.24, 2.45) is 0 Å². The van der Waals surface area contributed by atoms with E-state index in [9.17, 15) is 19.4 Å². The Hall–Kier alpha value is -5.13. The number of nitrogens with zero attached hydrogens (tertiary/aromatic N) is 6. The van der Waals surface area contributed by atoms with Crippen molar-refractivity contribution in [2.45, 2.75) is 24.8 Å². The fourth-order valence-electron chi connectivity index (χ4n) is 5.20. The van der Waals surface area contributed by atoms with E-state index in [2.05, 4.69) is 20.2 Å². The summed E-state index contributed by atoms with van der Waals surface area (Å²) in [6.07, 6.45) is 2.88. The summed E-state index contributed by atoms with van der Waals surface area (Å²) >= 11 is 0. The molecule has 2 aromatic carbocycles. The maximum atomic E-state index is 15.0. The van der Waals surface area contributed by atoms with Gasteiger partial charge in [0.25, 0.3) is 0 Å². The number of phenolic OH excluding ortho intramolecular Hbond substituents is 1. The van der Waals surface area contributed by atoms with Gasteiger partial charge >= 0.3 is 5.97 Å². The van der Waals surface area contributed by atoms with Gasteiger partial charge in [-0.2, -0.15) is 5.10 Å². The molecule has 5 aromatic rings. The van der Waals surface area contributed by atoms with E-state index in [1.165, 1.54) is 24.5 Å². The van der Waals surface area contributed by atoms with E-state index in [1.54, 1.807) is 52.0 Å². The number of aromatic hydroxyl groups is 1. The number of hydrogen-bond acceptors (Lipinski definition) is 8. The van der Waals surface area contributed by atoms with E-state index in [-0.39, 0.29) is 55.7 Å². The molecule has 4 heterocycles. The molecule has 0 aliphatic carbocycles. The number of aromatic nitrogens is 5. The van der Waals surface area contributed by atoms with Crippen molar-refractivity contribution in [3.63, 3.8) is 0 Å². The highest BCUT2D eigenvalue weighted by molar-refractivity contribution is 5.82. The lowest BCUT2D eigenvalue weighted by Gasteiger charge is -2.39. The molecular formula is C29H24F2N6O4. The van der Waals surface area contributed by atoms with Crippen LogP contribution in [0.3, 0.4) is 0 Å². The van der Waals surface area contributed by atoms with Gasteiger partial charge in [0.1, 0.15) is 29.2 Å². The zero-order valence-corrected chi connectivity index (χ0v) is 21.6. The number of piperidine rings is 1. The highest BCUT2D eigenvalue weighted by Crippen LogP contribution is 2.38. The van der Waals surface area contributed by atoms with Crippen LogP contribution >= 0.6 is 0 Å². The van der Waals surface area contributed by atoms with Crippen molar-refractivity contribution < 1.29 is 28.3 Å². The molecule has 12 heteroatoms. The van der Waals surface area contributed by atoms with Crippen molar-refractivity contribution in [3.05, 3.63) is 95.9 Å². The molecule has 0 bridgehead atoms. The summed E-state index contributed by atoms with van der Waals surface area (Å²) in [6.45, 7) is 0.558. The normalized spacial score (nSPS) is 14.7. The van der Waals surface area contributed by atoms with E-state index in [0.29, 0.717) is 28.2 Å². The van der Waals surface area contributed by atoms with Gasteiger partial charge in [-0.15, -0.1) is 0 Å². The largest absolute Gasteiger partial charge is 0.508 e. The van der Waals surface area contributed by atoms with Crippen LogP contribution in [0.4, 0.5) is 14.6 Å². The standard InChI is InChI=1S/C29H24F2N6O4/c30-21-4-2-1-3-18(21)17-37-25(23-9-14-41-35-23)15-24(34-37)26-32-16-22(31)27(33-26)36-12-10-29(11-13-36,28(39)40)19-5-7-20(38)8-6-19/h1-9,14-16,38H,10-13,17H2,(H,39,40). The highest BCUT2D eigenvalue weighted by atomic mass is 19.1. The zero-order chi connectivity index (χ0) is 28.6. The summed E-state index contributed by atoms with van der Waals surface area (Å²) in [4.78, 5) is 22.7. The average Bonchev–Trinajstić information content (AvgIpc) is 3.65. The molecule has 208 valence electrons. The van der Waals surface area contributed by atoms with E-state index >= 15 is 4.39 Å². The SMILES string of the molecule is O=C(O)C1(c2ccc(O)cc2)CCN(c2nc(-c3cc(-c4ccon4)n(Cc4ccccc4F)n3)ncc2F)CC1. The summed E-state index contributed by atoms with van der Waals surface area (Å²) in [6, 6.07) is 15.8. The lowest BCUT2D eigenvalue weighted by Crippen LogP contribution is -2.47. The number of anilines is 1. The fraction of sp³-hybridized carbons (Fsp3) is 0.207. The van der Waals surface area contributed by atoms with Crippen LogP contribution in [0.1, 0.15) is 24.0 Å². The molecular weight excluding hydrogens is 534 g/mol. The van der Waals surface area contributed by atoms with E-state index in [0.717, 1.165) is 6.20 Å². The van der Waals surface area contributed by atoms with Gasteiger partial charge in [-0.25, -0.2) is 18.7 Å². The molecule has 0 saturated carbocycles. The molecule has 1 saturated heterocycles. The van der Waals surface area contributed by atoms with Gasteiger partial charge in [0, 0.05) is 24.7 Å². The smallest absolute Gasteiger partial charge is 0.314 e. The predicted octanol–water partition coefficient (Wildman–Crippen LogP) is 4.65. The second kappa shape index (κ2) is 10.5. The Morgan fingerprint density at radius 2 is 1.76 bits per heavy atom. The van der Waals surface area contributed by atoms with E-state index < -0.39 is 17.2 Å². The number of phenols is 1. The van der Waals surface area contributed by atoms with Gasteiger partial charge < -0.3 is 19.6 Å². The Morgan fingerprint density at radius 3 is 2.44 bits per heavy atom. The van der Waals surface area contributed by atoms with Crippen LogP contribution in [0.25, 0.3) is 22.9 Å². The Bertz CT molecular complexity index is 1700. The number of aliphatic carboxylic acids is 1. The van der Waals surface area contributed by atoms with Crippen molar-refractivity contribution >= 4 is 11.8 Å². The molecule has 1 aliphatic heterocycles. The third kappa shape index (κ3) is 4.88. The number of carboxylic acids is 1. The molecule has 0 amide bonds. The lowest BCUT2D eigenvalue weighted by molar-refractivity contribution is -0.144. The minimum atomic E-state index is -1.17. The Morgan fingerprint density at radius 1 is 1.00 bits per heavy atom. The van der Waals surface area contributed by atoms with Gasteiger partial charge in [-0.3, -0.25) is 9.48 Å². The summed E-state index contributed by atoms with van der Waals surface area (Å²) in [5, 5.41) is 28.3. The number of carboxylic acid groups (broad SMARTS) is 1. The minimum absolute atomic E-state index is 0.0336. The van der Waals surface area contributed by atoms with E-state index in [1.807, 2.05) is 0 Å². The van der Waals surface area contributed by atoms with Gasteiger partial charge in [0.2, 0.25) is 0 Å². The molecule has 10 nitrogen and oxygen atoms in total. The van der Waals surface area contributed by atoms with Crippen LogP contribution in [-0.2, 0) is 16.8 Å². The van der Waals surface area contributed by atoms with Crippen LogP contribution in [-0.4, -0.2) is 54.2 Å². The lowest BCUT2D eigenvalue weighted by atomic mass is 9.73. The third-order valence-corrected chi connectivity index (χ3v) is 7.46. The number of halogens is 2. The fourth-order valence-corrected chi connectivity index (χ4v) is 5.20. The first-order valence-electron chi connectivity index (χ1n) is 12.9. The van der Waals surface area contributed by atoms with Gasteiger partial charge in [0.15, 0.2) is 17.5 Å². The van der Waals surface area contributed by atoms with Crippen LogP contribution < -0.4 is 4.90 Å². The monoisotopic (exact) mass is 558 g/mol. The molecule has 6 rings (SSSR count). The van der Waals surface area contributed by atoms with Crippen molar-refractivity contribution in [2.75, 3.05) is 18.0 Å². The Balaban J connectivity index is 1.30. The van der Waals surface area contributed by atoms with Crippen molar-refractivity contribution in [1.29, 1.82) is 0 Å². The minimum Gasteiger partial charge on any atom is -0.508 e. The topological polar surface area (TPSA) is 130 Å². The number of carbonyl (C=O) groups is 1. The molecule has 0 unspecified atom stereocenters. The quantitative estimate of drug-likeness (QED) is 0.293. The second-order valence-electron chi connectivity index (χ2n) is 9.83. The highest BCUT2D eigenvalue weighted by Gasteiger charge is 2.43. The summed E-state index contributed by atoms with van der Waals surface area (Å²) in [5.41, 5.74) is 1.14. The van der Waals surface area contributed by atoms with Crippen molar-refractivity contribution in [3.8, 4) is 28.7 Å². The van der Waals surface area contributed by atoms with Gasteiger partial charge in [0.05, 0.1) is 23.9 Å². The van der Waals surface area contributed by atoms with Crippen LogP contribution in [0.15, 0.2) is 77.6 Å². The summed E-state index contributed by atoms with van der Waals surface area (Å²) in [5.74, 6) is -1.79. The summed E-state index contributed by atoms with van der Waals surface area (Å²) < 4.78 is 36.0. The molecule has 1 aliphatic rings. The molecule has 3 aromatic heterocycles. The Labute approximate surface area is 232 Å². The molecule has 1 fully saturated rings. The zero-order valence-electron chi connectivity index (χ0n) is 21.6. The predicted molar refractivity (Wildman–Crippen MR) is 143 cm³/mol. The second-order valence-corrected chi connectivity index (χ2v) is 9.83. The molecule has 0 atom stereocenters. The Kier molecular flexibility index (Phi) is 6.66. The average molecular weight is 559 g/mol. The van der Waals surface area contributed by atoms with Crippen LogP contribution in [0.2, 0.25) is 0 Å². The molecule has 0 radical (unpaired) electrons. The summed E-state index contributed by atoms with van der Waals surface area (Å²) in [7, 11) is 0. The first kappa shape index (κ1) is 26.1. The first-order chi connectivity index (χ1) is 19.8. The van der Waals surface area contributed by atoms with Gasteiger partial charge in [-0.05, 0) is 42.7 Å². The van der Waals surface area contributed by atoms with Crippen LogP contribution in [0, 0.1) is 11.6 Å². The number of benzene rings is 2. The number of hydrogen-bond donors (Lipinski definition) is 2. The van der Waals surface area contributed by atoms with Gasteiger partial charge in [-0.1, -0.05) is 35.5 Å². The number of rotatable bonds is 7. The maximum absolute atomic E-state index is 15.0.